The predicted octanol–water partition coefficient (Wildman–Crippen LogP) is 3.11. The van der Waals surface area contributed by atoms with Crippen LogP contribution in [0.1, 0.15) is 17.5 Å². The van der Waals surface area contributed by atoms with Gasteiger partial charge in [0.15, 0.2) is 5.82 Å². The Hall–Kier alpha value is -1.81. The Labute approximate surface area is 123 Å². The van der Waals surface area contributed by atoms with E-state index < -0.39 is 0 Å². The summed E-state index contributed by atoms with van der Waals surface area (Å²) in [4.78, 5) is 8.25. The van der Waals surface area contributed by atoms with Gasteiger partial charge in [-0.25, -0.2) is 4.98 Å². The van der Waals surface area contributed by atoms with Crippen LogP contribution >= 0.6 is 11.6 Å². The number of methoxy groups -OCH3 is 1. The number of hydrogen-bond donors (Lipinski definition) is 1. The maximum Gasteiger partial charge on any atom is 0.318 e. The molecule has 1 heterocycles. The molecule has 5 heteroatoms. The molecule has 0 spiro atoms. The maximum atomic E-state index is 6.13. The molecule has 1 unspecified atom stereocenters. The Morgan fingerprint density at radius 2 is 2.10 bits per heavy atom. The molecule has 0 bridgehead atoms. The van der Waals surface area contributed by atoms with Gasteiger partial charge in [0, 0.05) is 6.04 Å². The van der Waals surface area contributed by atoms with Gasteiger partial charge in [-0.3, -0.25) is 0 Å². The fourth-order valence-electron chi connectivity index (χ4n) is 2.56. The number of aryl methyl sites for hydroxylation is 1. The third-order valence-corrected chi connectivity index (χ3v) is 3.87. The minimum absolute atomic E-state index is 0.327. The van der Waals surface area contributed by atoms with E-state index in [2.05, 4.69) is 39.6 Å². The Bertz CT molecular complexity index is 618. The first-order chi connectivity index (χ1) is 9.76. The molecule has 2 aromatic rings. The van der Waals surface area contributed by atoms with Gasteiger partial charge >= 0.3 is 6.01 Å². The van der Waals surface area contributed by atoms with E-state index in [0.717, 1.165) is 19.3 Å². The van der Waals surface area contributed by atoms with Gasteiger partial charge in [0.1, 0.15) is 5.02 Å². The fraction of sp³-hybridized carbons (Fsp3) is 0.333. The van der Waals surface area contributed by atoms with Gasteiger partial charge < -0.3 is 10.1 Å². The summed E-state index contributed by atoms with van der Waals surface area (Å²) in [6.07, 6.45) is 4.69. The first-order valence-corrected chi connectivity index (χ1v) is 7.04. The van der Waals surface area contributed by atoms with Crippen molar-refractivity contribution in [3.8, 4) is 6.01 Å². The summed E-state index contributed by atoms with van der Waals surface area (Å²) in [7, 11) is 1.55. The highest BCUT2D eigenvalue weighted by Gasteiger charge is 2.19. The number of nitrogens with one attached hydrogen (secondary N) is 1. The third-order valence-electron chi connectivity index (χ3n) is 3.59. The average Bonchev–Trinajstić information content (AvgIpc) is 2.49. The zero-order valence-electron chi connectivity index (χ0n) is 11.3. The van der Waals surface area contributed by atoms with Crippen molar-refractivity contribution >= 4 is 17.4 Å². The molecule has 1 aliphatic rings. The summed E-state index contributed by atoms with van der Waals surface area (Å²) in [6.45, 7) is 0. The fourth-order valence-corrected chi connectivity index (χ4v) is 2.71. The van der Waals surface area contributed by atoms with E-state index in [4.69, 9.17) is 16.3 Å². The van der Waals surface area contributed by atoms with E-state index in [1.165, 1.54) is 11.1 Å². The summed E-state index contributed by atoms with van der Waals surface area (Å²) in [5.41, 5.74) is 2.84. The van der Waals surface area contributed by atoms with Gasteiger partial charge in [-0.05, 0) is 30.4 Å². The molecule has 20 heavy (non-hydrogen) atoms. The van der Waals surface area contributed by atoms with Crippen LogP contribution in [0.3, 0.4) is 0 Å². The maximum absolute atomic E-state index is 6.13. The Balaban J connectivity index is 1.76. The van der Waals surface area contributed by atoms with Crippen LogP contribution in [-0.2, 0) is 12.8 Å². The molecule has 0 amide bonds. The largest absolute Gasteiger partial charge is 0.467 e. The van der Waals surface area contributed by atoms with Crippen molar-refractivity contribution in [2.24, 2.45) is 0 Å². The molecule has 0 fully saturated rings. The van der Waals surface area contributed by atoms with Gasteiger partial charge in [-0.2, -0.15) is 4.98 Å². The highest BCUT2D eigenvalue weighted by molar-refractivity contribution is 6.32. The molecule has 0 saturated heterocycles. The third kappa shape index (κ3) is 2.70. The molecule has 1 aliphatic carbocycles. The molecule has 1 aromatic carbocycles. The van der Waals surface area contributed by atoms with Crippen LogP contribution in [0.5, 0.6) is 6.01 Å². The first-order valence-electron chi connectivity index (χ1n) is 6.66. The number of ether oxygens (including phenoxy) is 1. The number of aromatic nitrogens is 2. The lowest BCUT2D eigenvalue weighted by Gasteiger charge is -2.26. The molecular weight excluding hydrogens is 274 g/mol. The standard InChI is InChI=1S/C15H16ClN3O/c1-20-15-17-9-13(16)14(19-15)18-12-7-6-10-4-2-3-5-11(10)8-12/h2-5,9,12H,6-8H2,1H3,(H,17,18,19). The zero-order valence-corrected chi connectivity index (χ0v) is 12.0. The highest BCUT2D eigenvalue weighted by Crippen LogP contribution is 2.26. The lowest BCUT2D eigenvalue weighted by Crippen LogP contribution is -2.28. The molecule has 104 valence electrons. The SMILES string of the molecule is COc1ncc(Cl)c(NC2CCc3ccccc3C2)n1. The number of benzene rings is 1. The van der Waals surface area contributed by atoms with Gasteiger partial charge in [0.2, 0.25) is 0 Å². The van der Waals surface area contributed by atoms with Crippen LogP contribution in [0.2, 0.25) is 5.02 Å². The van der Waals surface area contributed by atoms with E-state index in [0.29, 0.717) is 22.9 Å². The number of anilines is 1. The second-order valence-electron chi connectivity index (χ2n) is 4.91. The molecule has 4 nitrogen and oxygen atoms in total. The molecule has 1 N–H and O–H groups in total. The first kappa shape index (κ1) is 13.2. The van der Waals surface area contributed by atoms with Crippen molar-refractivity contribution in [1.29, 1.82) is 0 Å². The summed E-state index contributed by atoms with van der Waals surface area (Å²) >= 11 is 6.13. The predicted molar refractivity (Wildman–Crippen MR) is 79.5 cm³/mol. The molecule has 3 rings (SSSR count). The van der Waals surface area contributed by atoms with Crippen LogP contribution in [0.25, 0.3) is 0 Å². The molecule has 1 atom stereocenters. The van der Waals surface area contributed by atoms with Gasteiger partial charge in [-0.15, -0.1) is 0 Å². The number of hydrogen-bond acceptors (Lipinski definition) is 4. The Morgan fingerprint density at radius 1 is 1.30 bits per heavy atom. The Kier molecular flexibility index (Phi) is 3.74. The highest BCUT2D eigenvalue weighted by atomic mass is 35.5. The summed E-state index contributed by atoms with van der Waals surface area (Å²) in [5, 5.41) is 3.92. The minimum atomic E-state index is 0.327. The number of fused-ring (bicyclic) bond motifs is 1. The molecular formula is C15H16ClN3O. The summed E-state index contributed by atoms with van der Waals surface area (Å²) in [5.74, 6) is 0.642. The van der Waals surface area contributed by atoms with Crippen LogP contribution in [0.4, 0.5) is 5.82 Å². The Morgan fingerprint density at radius 3 is 2.90 bits per heavy atom. The molecule has 0 aliphatic heterocycles. The summed E-state index contributed by atoms with van der Waals surface area (Å²) in [6, 6.07) is 9.23. The van der Waals surface area contributed by atoms with E-state index in [9.17, 15) is 0 Å². The van der Waals surface area contributed by atoms with Crippen molar-refractivity contribution in [1.82, 2.24) is 9.97 Å². The van der Waals surface area contributed by atoms with E-state index in [1.807, 2.05) is 0 Å². The second kappa shape index (κ2) is 5.67. The van der Waals surface area contributed by atoms with Gasteiger partial charge in [-0.1, -0.05) is 35.9 Å². The average molecular weight is 290 g/mol. The number of nitrogens with zero attached hydrogens (tertiary/aromatic N) is 2. The number of halogens is 1. The lowest BCUT2D eigenvalue weighted by molar-refractivity contribution is 0.380. The van der Waals surface area contributed by atoms with Crippen molar-refractivity contribution in [3.63, 3.8) is 0 Å². The van der Waals surface area contributed by atoms with Crippen LogP contribution in [0.15, 0.2) is 30.5 Å². The van der Waals surface area contributed by atoms with Crippen molar-refractivity contribution < 1.29 is 4.74 Å². The summed E-state index contributed by atoms with van der Waals surface area (Å²) < 4.78 is 5.03. The van der Waals surface area contributed by atoms with Crippen LogP contribution < -0.4 is 10.1 Å². The second-order valence-corrected chi connectivity index (χ2v) is 5.31. The minimum Gasteiger partial charge on any atom is -0.467 e. The topological polar surface area (TPSA) is 47.0 Å². The van der Waals surface area contributed by atoms with E-state index in [-0.39, 0.29) is 0 Å². The quantitative estimate of drug-likeness (QED) is 0.943. The van der Waals surface area contributed by atoms with E-state index in [1.54, 1.807) is 13.3 Å². The molecule has 1 aromatic heterocycles. The molecule has 0 radical (unpaired) electrons. The van der Waals surface area contributed by atoms with Gasteiger partial charge in [0.25, 0.3) is 0 Å². The monoisotopic (exact) mass is 289 g/mol. The van der Waals surface area contributed by atoms with E-state index >= 15 is 0 Å². The number of rotatable bonds is 3. The lowest BCUT2D eigenvalue weighted by atomic mass is 9.88. The smallest absolute Gasteiger partial charge is 0.318 e. The van der Waals surface area contributed by atoms with Gasteiger partial charge in [0.05, 0.1) is 13.3 Å². The van der Waals surface area contributed by atoms with Crippen LogP contribution in [-0.4, -0.2) is 23.1 Å². The van der Waals surface area contributed by atoms with Crippen molar-refractivity contribution in [2.45, 2.75) is 25.3 Å². The van der Waals surface area contributed by atoms with Crippen LogP contribution in [0, 0.1) is 0 Å². The zero-order chi connectivity index (χ0) is 13.9. The van der Waals surface area contributed by atoms with Crippen molar-refractivity contribution in [2.75, 3.05) is 12.4 Å². The van der Waals surface area contributed by atoms with Crippen molar-refractivity contribution in [3.05, 3.63) is 46.6 Å². The molecule has 0 saturated carbocycles. The normalized spacial score (nSPS) is 17.4.